The summed E-state index contributed by atoms with van der Waals surface area (Å²) >= 11 is 0. The molecule has 4 aromatic heterocycles. The average Bonchev–Trinajstić information content (AvgIpc) is 1.65. The molecular formula is C67H76ClN15O19S5. The fourth-order valence-electron chi connectivity index (χ4n) is 12.0. The van der Waals surface area contributed by atoms with Crippen LogP contribution in [-0.4, -0.2) is 201 Å². The van der Waals surface area contributed by atoms with Gasteiger partial charge in [0.1, 0.15) is 34.6 Å². The number of rotatable bonds is 13. The zero-order valence-electron chi connectivity index (χ0n) is 57.7. The normalized spacial score (nSPS) is 17.3. The first-order valence-corrected chi connectivity index (χ1v) is 41.7. The van der Waals surface area contributed by atoms with E-state index in [1.54, 1.807) is 57.8 Å². The summed E-state index contributed by atoms with van der Waals surface area (Å²) in [5, 5.41) is 44.0. The third kappa shape index (κ3) is 21.2. The standard InChI is InChI=1S/C23H23N5O4S.C14H14N4O2S.C10H12N2O5S.C10H14N2O3S.C6H4ClNO4S.C4H9NO/c24-14-17-12-18-15-25-21(26-22(18)28(23(17)29)19-5-1-2-6-19)16-4-3-7-20(13-16)33(30,31)27-8-10-32-11-9-27;1-21(20)14-16-8-10-6-9(7-15)13(19)18(12(10)17-14)11-4-2-3-5-11;13-12(14)9-2-1-3-10(8-9)18(15,16)11-4-6-17-7-5-11;11-9-2-1-3-10(8-9)16(13,14)12-4-6-15-7-5-12;7-13(11,12)6-3-1-2-5(4-6)8(9)10;1-3-6-4-2-5-1/h3-4,7,12-13,15,19H,1-2,5-6,8-11H2;6,8,11H,2-5H2,1H3;1-3,8H,4-7H2;1-3,8H,4-7,11H2;1-4H;5H,1-4H2. The van der Waals surface area contributed by atoms with Crippen LogP contribution in [0, 0.1) is 42.9 Å². The van der Waals surface area contributed by atoms with Crippen molar-refractivity contribution in [2.24, 2.45) is 0 Å². The monoisotopic (exact) mass is 1590 g/mol. The summed E-state index contributed by atoms with van der Waals surface area (Å²) in [7, 11) is -11.0. The van der Waals surface area contributed by atoms with Crippen molar-refractivity contribution in [2.75, 3.05) is 117 Å². The molecule has 6 aliphatic rings. The molecule has 0 spiro atoms. The number of hydrogen-bond donors (Lipinski definition) is 2. The van der Waals surface area contributed by atoms with Crippen LogP contribution >= 0.6 is 10.7 Å². The molecule has 107 heavy (non-hydrogen) atoms. The number of nitrogens with zero attached hydrogens (tertiary/aromatic N) is 13. The summed E-state index contributed by atoms with van der Waals surface area (Å²) in [6.07, 6.45) is 12.3. The van der Waals surface area contributed by atoms with Gasteiger partial charge in [-0.1, -0.05) is 56.0 Å². The van der Waals surface area contributed by atoms with Crippen molar-refractivity contribution in [3.05, 3.63) is 174 Å². The Bertz CT molecular complexity index is 5240. The Labute approximate surface area is 623 Å². The van der Waals surface area contributed by atoms with Crippen molar-refractivity contribution in [1.82, 2.24) is 47.3 Å². The second kappa shape index (κ2) is 37.7. The first kappa shape index (κ1) is 82.0. The van der Waals surface area contributed by atoms with Gasteiger partial charge in [-0.25, -0.2) is 53.6 Å². The minimum Gasteiger partial charge on any atom is -0.399 e. The van der Waals surface area contributed by atoms with Gasteiger partial charge in [0.05, 0.1) is 93.1 Å². The number of benzene rings is 4. The fraction of sp³-hybridized carbons (Fsp3) is 0.403. The molecule has 2 saturated carbocycles. The van der Waals surface area contributed by atoms with Gasteiger partial charge >= 0.3 is 0 Å². The zero-order valence-corrected chi connectivity index (χ0v) is 62.6. The van der Waals surface area contributed by atoms with Gasteiger partial charge in [-0.05, 0) is 80.3 Å². The van der Waals surface area contributed by atoms with Crippen molar-refractivity contribution in [2.45, 2.75) is 88.2 Å². The molecular weight excluding hydrogens is 1510 g/mol. The van der Waals surface area contributed by atoms with E-state index in [0.29, 0.717) is 105 Å². The minimum atomic E-state index is -3.89. The number of ether oxygens (including phenoxy) is 4. The Hall–Kier alpha value is -9.04. The molecule has 34 nitrogen and oxygen atoms in total. The van der Waals surface area contributed by atoms with Crippen molar-refractivity contribution in [3.63, 3.8) is 0 Å². The Kier molecular flexibility index (Phi) is 28.9. The number of nitrogens with one attached hydrogen (secondary N) is 1. The highest BCUT2D eigenvalue weighted by Crippen LogP contribution is 2.34. The van der Waals surface area contributed by atoms with E-state index in [-0.39, 0.29) is 83.5 Å². The van der Waals surface area contributed by atoms with E-state index in [1.807, 2.05) is 12.1 Å². The van der Waals surface area contributed by atoms with E-state index in [9.17, 15) is 73.0 Å². The molecule has 6 fully saturated rings. The molecule has 0 bridgehead atoms. The van der Waals surface area contributed by atoms with Gasteiger partial charge in [-0.15, -0.1) is 0 Å². The largest absolute Gasteiger partial charge is 0.399 e. The van der Waals surface area contributed by atoms with Crippen LogP contribution in [0.4, 0.5) is 17.1 Å². The van der Waals surface area contributed by atoms with Crippen molar-refractivity contribution < 1.29 is 66.7 Å². The number of nitro benzene ring substituents is 2. The number of pyridine rings is 2. The van der Waals surface area contributed by atoms with Gasteiger partial charge in [-0.2, -0.15) is 23.4 Å². The number of nitrogen functional groups attached to an aromatic ring is 1. The van der Waals surface area contributed by atoms with Crippen molar-refractivity contribution >= 4 is 99.7 Å². The number of morpholine rings is 4. The molecule has 4 saturated heterocycles. The Morgan fingerprint density at radius 1 is 0.542 bits per heavy atom. The van der Waals surface area contributed by atoms with Crippen LogP contribution in [0.3, 0.4) is 0 Å². The third-order valence-electron chi connectivity index (χ3n) is 17.4. The number of nitriles is 2. The Morgan fingerprint density at radius 3 is 1.32 bits per heavy atom. The van der Waals surface area contributed by atoms with Crippen LogP contribution in [0.15, 0.2) is 156 Å². The number of anilines is 1. The maximum atomic E-state index is 13.1. The van der Waals surface area contributed by atoms with Crippen LogP contribution in [0.2, 0.25) is 0 Å². The molecule has 8 heterocycles. The molecule has 2 aliphatic carbocycles. The van der Waals surface area contributed by atoms with Crippen LogP contribution < -0.4 is 22.2 Å². The number of non-ortho nitro benzene ring substituents is 2. The van der Waals surface area contributed by atoms with Crippen LogP contribution in [0.5, 0.6) is 0 Å². The minimum absolute atomic E-state index is 0.0101. The molecule has 8 aromatic rings. The van der Waals surface area contributed by atoms with Gasteiger partial charge in [0.2, 0.25) is 35.2 Å². The molecule has 0 radical (unpaired) electrons. The van der Waals surface area contributed by atoms with E-state index in [0.717, 1.165) is 89.8 Å². The highest BCUT2D eigenvalue weighted by atomic mass is 35.7. The molecule has 1 atom stereocenters. The van der Waals surface area contributed by atoms with E-state index >= 15 is 0 Å². The first-order valence-electron chi connectivity index (χ1n) is 33.5. The summed E-state index contributed by atoms with van der Waals surface area (Å²) < 4.78 is 136. The lowest BCUT2D eigenvalue weighted by Gasteiger charge is -2.26. The van der Waals surface area contributed by atoms with Gasteiger partial charge in [-0.3, -0.25) is 43.2 Å². The molecule has 4 aromatic carbocycles. The van der Waals surface area contributed by atoms with E-state index in [1.165, 1.54) is 80.0 Å². The molecule has 570 valence electrons. The lowest BCUT2D eigenvalue weighted by Crippen LogP contribution is -2.40. The molecule has 14 rings (SSSR count). The first-order chi connectivity index (χ1) is 51.1. The smallest absolute Gasteiger partial charge is 0.270 e. The number of nitrogens with two attached hydrogens (primary N) is 1. The summed E-state index contributed by atoms with van der Waals surface area (Å²) in [4.78, 5) is 62.6. The lowest BCUT2D eigenvalue weighted by molar-refractivity contribution is -0.385. The number of aromatic nitrogens is 6. The predicted molar refractivity (Wildman–Crippen MR) is 392 cm³/mol. The lowest BCUT2D eigenvalue weighted by atomic mass is 10.1. The second-order valence-corrected chi connectivity index (χ2v) is 34.0. The number of nitro groups is 2. The molecule has 4 aliphatic heterocycles. The van der Waals surface area contributed by atoms with Gasteiger partial charge in [0, 0.05) is 140 Å². The third-order valence-corrected chi connectivity index (χ3v) is 25.1. The molecule has 3 N–H and O–H groups in total. The summed E-state index contributed by atoms with van der Waals surface area (Å²) in [6.45, 7) is 8.11. The predicted octanol–water partition coefficient (Wildman–Crippen LogP) is 6.02. The van der Waals surface area contributed by atoms with Crippen LogP contribution in [0.25, 0.3) is 33.5 Å². The van der Waals surface area contributed by atoms with Gasteiger partial charge < -0.3 is 30.0 Å². The molecule has 40 heteroatoms. The Balaban J connectivity index is 0.000000157. The highest BCUT2D eigenvalue weighted by molar-refractivity contribution is 8.13. The van der Waals surface area contributed by atoms with E-state index in [4.69, 9.17) is 40.6 Å². The van der Waals surface area contributed by atoms with Crippen molar-refractivity contribution in [3.8, 4) is 23.5 Å². The van der Waals surface area contributed by atoms with E-state index in [2.05, 4.69) is 25.3 Å². The van der Waals surface area contributed by atoms with Gasteiger partial charge in [0.25, 0.3) is 31.5 Å². The van der Waals surface area contributed by atoms with Crippen LogP contribution in [-0.2, 0) is 68.9 Å². The van der Waals surface area contributed by atoms with Gasteiger partial charge in [0.15, 0.2) is 5.82 Å². The number of halogens is 1. The molecule has 0 amide bonds. The average molecular weight is 1590 g/mol. The van der Waals surface area contributed by atoms with Crippen LogP contribution in [0.1, 0.15) is 74.6 Å². The highest BCUT2D eigenvalue weighted by Gasteiger charge is 2.31. The maximum absolute atomic E-state index is 13.1. The fourth-order valence-corrected chi connectivity index (χ4v) is 17.5. The van der Waals surface area contributed by atoms with E-state index < -0.39 is 59.8 Å². The number of sulfonamides is 3. The quantitative estimate of drug-likeness (QED) is 0.0438. The number of hydrogen-bond acceptors (Lipinski definition) is 27. The maximum Gasteiger partial charge on any atom is 0.270 e. The summed E-state index contributed by atoms with van der Waals surface area (Å²) in [5.41, 5.74) is 6.50. The summed E-state index contributed by atoms with van der Waals surface area (Å²) in [5.74, 6) is 0.331. The summed E-state index contributed by atoms with van der Waals surface area (Å²) in [6, 6.07) is 29.5. The van der Waals surface area contributed by atoms with Crippen molar-refractivity contribution in [1.29, 1.82) is 10.5 Å². The number of fused-ring (bicyclic) bond motifs is 2. The topological polar surface area (TPSA) is 468 Å². The molecule has 1 unspecified atom stereocenters. The SMILES string of the molecule is C1COCCN1.CS(=O)c1ncc2cc(C#N)c(=O)n(C3CCCC3)c2n1.N#Cc1cc2cnc(-c3cccc(S(=O)(=O)N4CCOCC4)c3)nc2n(C2CCCC2)c1=O.Nc1cccc(S(=O)(=O)N2CCOCC2)c1.O=[N+]([O-])c1cccc(S(=O)(=O)Cl)c1.O=[N+]([O-])c1cccc(S(=O)(=O)N2CCOCC2)c1. The Morgan fingerprint density at radius 2 is 0.925 bits per heavy atom. The zero-order chi connectivity index (χ0) is 77.1. The second-order valence-electron chi connectivity index (χ2n) is 24.4.